The molecule has 10 aromatic carbocycles. The standard InChI is InChI=1S/C70H54N2/c1-3-18-49(19-4-1)55-22-7-8-23-56(55)57-24-9-10-25-58(57)61-27-12-15-30-65(61)72(68-33-17-32-67-69(68)62-28-13-16-31-66(62)71(67)53-20-5-2-6-21-53)54-37-34-48(35-38-54)50-36-39-60-59-26-11-14-29-63(59)70(64(60)45-50)51-41-46-40-47(43-51)44-52(70)42-46/h1-39,45-47,51-52H,40-44H2. The number of hydrogen-bond donors (Lipinski definition) is 0. The number of benzene rings is 10. The van der Waals surface area contributed by atoms with E-state index in [2.05, 4.69) is 252 Å². The van der Waals surface area contributed by atoms with Crippen LogP contribution in [0.3, 0.4) is 0 Å². The van der Waals surface area contributed by atoms with E-state index in [1.165, 1.54) is 110 Å². The quantitative estimate of drug-likeness (QED) is 0.147. The molecule has 344 valence electrons. The molecule has 0 N–H and O–H groups in total. The van der Waals surface area contributed by atoms with Crippen molar-refractivity contribution in [2.75, 3.05) is 4.90 Å². The highest BCUT2D eigenvalue weighted by atomic mass is 15.2. The van der Waals surface area contributed by atoms with Gasteiger partial charge < -0.3 is 9.47 Å². The van der Waals surface area contributed by atoms with Gasteiger partial charge in [0.1, 0.15) is 0 Å². The molecule has 5 aliphatic rings. The molecule has 11 aromatic rings. The van der Waals surface area contributed by atoms with E-state index in [4.69, 9.17) is 0 Å². The van der Waals surface area contributed by atoms with Crippen LogP contribution in [0.1, 0.15) is 43.2 Å². The second-order valence-electron chi connectivity index (χ2n) is 21.2. The zero-order chi connectivity index (χ0) is 47.3. The third-order valence-electron chi connectivity index (χ3n) is 17.6. The number of anilines is 3. The van der Waals surface area contributed by atoms with Crippen LogP contribution in [0.25, 0.3) is 83.1 Å². The van der Waals surface area contributed by atoms with Crippen LogP contribution in [0.5, 0.6) is 0 Å². The number of para-hydroxylation sites is 3. The number of rotatable bonds is 8. The van der Waals surface area contributed by atoms with Crippen LogP contribution < -0.4 is 4.90 Å². The van der Waals surface area contributed by atoms with Crippen molar-refractivity contribution in [3.63, 3.8) is 0 Å². The molecule has 5 aliphatic carbocycles. The van der Waals surface area contributed by atoms with E-state index < -0.39 is 0 Å². The van der Waals surface area contributed by atoms with Gasteiger partial charge in [-0.15, -0.1) is 0 Å². The lowest BCUT2D eigenvalue weighted by molar-refractivity contribution is -0.0399. The Labute approximate surface area is 422 Å². The van der Waals surface area contributed by atoms with E-state index in [9.17, 15) is 0 Å². The second kappa shape index (κ2) is 16.4. The minimum absolute atomic E-state index is 0.130. The SMILES string of the molecule is c1ccc(-c2ccccc2-c2ccccc2-c2ccccc2N(c2ccc(-c3ccc4c(c3)C3(c5ccccc5-4)C4CC5CC(C4)CC3C5)cc2)c2cccc3c2c2ccccc2n3-c2ccccc2)cc1. The summed E-state index contributed by atoms with van der Waals surface area (Å²) in [6, 6.07) is 90.8. The van der Waals surface area contributed by atoms with Crippen molar-refractivity contribution >= 4 is 38.9 Å². The van der Waals surface area contributed by atoms with Gasteiger partial charge in [0.2, 0.25) is 0 Å². The fourth-order valence-electron chi connectivity index (χ4n) is 15.0. The molecule has 4 saturated carbocycles. The number of nitrogens with zero attached hydrogens (tertiary/aromatic N) is 2. The van der Waals surface area contributed by atoms with Crippen molar-refractivity contribution in [3.8, 4) is 61.3 Å². The maximum atomic E-state index is 2.63. The van der Waals surface area contributed by atoms with E-state index in [0.717, 1.165) is 46.4 Å². The van der Waals surface area contributed by atoms with Crippen molar-refractivity contribution < 1.29 is 0 Å². The highest BCUT2D eigenvalue weighted by molar-refractivity contribution is 6.17. The topological polar surface area (TPSA) is 8.17 Å². The van der Waals surface area contributed by atoms with Crippen LogP contribution in [-0.2, 0) is 5.41 Å². The molecule has 1 spiro atoms. The van der Waals surface area contributed by atoms with Crippen molar-refractivity contribution in [3.05, 3.63) is 254 Å². The minimum Gasteiger partial charge on any atom is -0.309 e. The zero-order valence-corrected chi connectivity index (χ0v) is 40.3. The molecule has 0 saturated heterocycles. The van der Waals surface area contributed by atoms with E-state index in [1.54, 1.807) is 11.1 Å². The summed E-state index contributed by atoms with van der Waals surface area (Å²) in [6.45, 7) is 0. The second-order valence-corrected chi connectivity index (χ2v) is 21.2. The molecule has 2 heteroatoms. The van der Waals surface area contributed by atoms with Gasteiger partial charge in [-0.3, -0.25) is 0 Å². The van der Waals surface area contributed by atoms with Crippen molar-refractivity contribution in [2.24, 2.45) is 23.7 Å². The smallest absolute Gasteiger partial charge is 0.0562 e. The van der Waals surface area contributed by atoms with Gasteiger partial charge in [-0.1, -0.05) is 188 Å². The van der Waals surface area contributed by atoms with Crippen LogP contribution in [0.2, 0.25) is 0 Å². The third-order valence-corrected chi connectivity index (χ3v) is 17.6. The molecule has 0 unspecified atom stereocenters. The van der Waals surface area contributed by atoms with E-state index in [1.807, 2.05) is 0 Å². The zero-order valence-electron chi connectivity index (χ0n) is 40.3. The lowest BCUT2D eigenvalue weighted by atomic mass is 9.43. The first-order valence-electron chi connectivity index (χ1n) is 26.3. The molecule has 0 atom stereocenters. The Hall–Kier alpha value is -8.20. The maximum Gasteiger partial charge on any atom is 0.0562 e. The van der Waals surface area contributed by atoms with Crippen LogP contribution in [0.4, 0.5) is 17.1 Å². The summed E-state index contributed by atoms with van der Waals surface area (Å²) in [5.74, 6) is 3.29. The largest absolute Gasteiger partial charge is 0.309 e. The fourth-order valence-corrected chi connectivity index (χ4v) is 15.0. The summed E-state index contributed by atoms with van der Waals surface area (Å²) in [7, 11) is 0. The van der Waals surface area contributed by atoms with Crippen molar-refractivity contribution in [1.29, 1.82) is 0 Å². The van der Waals surface area contributed by atoms with Crippen LogP contribution in [0, 0.1) is 23.7 Å². The molecular formula is C70H54N2. The van der Waals surface area contributed by atoms with E-state index in [-0.39, 0.29) is 5.41 Å². The molecule has 1 heterocycles. The van der Waals surface area contributed by atoms with Gasteiger partial charge in [0, 0.05) is 33.1 Å². The average Bonchev–Trinajstić information content (AvgIpc) is 3.95. The fraction of sp³-hybridized carbons (Fsp3) is 0.143. The molecular weight excluding hydrogens is 869 g/mol. The van der Waals surface area contributed by atoms with Gasteiger partial charge in [0.25, 0.3) is 0 Å². The Balaban J connectivity index is 0.919. The molecule has 0 radical (unpaired) electrons. The predicted molar refractivity (Wildman–Crippen MR) is 300 cm³/mol. The average molecular weight is 923 g/mol. The summed E-state index contributed by atoms with van der Waals surface area (Å²) < 4.78 is 2.43. The van der Waals surface area contributed by atoms with Gasteiger partial charge in [-0.05, 0) is 172 Å². The molecule has 16 rings (SSSR count). The molecule has 0 aliphatic heterocycles. The van der Waals surface area contributed by atoms with Gasteiger partial charge in [0.15, 0.2) is 0 Å². The first kappa shape index (κ1) is 41.6. The van der Waals surface area contributed by atoms with E-state index in [0.29, 0.717) is 0 Å². The van der Waals surface area contributed by atoms with Crippen LogP contribution >= 0.6 is 0 Å². The normalized spacial score (nSPS) is 20.3. The third kappa shape index (κ3) is 6.21. The summed E-state index contributed by atoms with van der Waals surface area (Å²) in [5.41, 5.74) is 23.0. The lowest BCUT2D eigenvalue weighted by Gasteiger charge is -2.61. The number of aromatic nitrogens is 1. The van der Waals surface area contributed by atoms with Crippen LogP contribution in [-0.4, -0.2) is 4.57 Å². The Kier molecular flexibility index (Phi) is 9.49. The van der Waals surface area contributed by atoms with Crippen molar-refractivity contribution in [1.82, 2.24) is 4.57 Å². The van der Waals surface area contributed by atoms with E-state index >= 15 is 0 Å². The van der Waals surface area contributed by atoms with Gasteiger partial charge in [-0.2, -0.15) is 0 Å². The first-order chi connectivity index (χ1) is 35.7. The maximum absolute atomic E-state index is 2.63. The Bertz CT molecular complexity index is 3850. The molecule has 2 nitrogen and oxygen atoms in total. The molecule has 4 bridgehead atoms. The summed E-state index contributed by atoms with van der Waals surface area (Å²) >= 11 is 0. The Morgan fingerprint density at radius 1 is 0.347 bits per heavy atom. The summed E-state index contributed by atoms with van der Waals surface area (Å²) in [6.07, 6.45) is 7.01. The Morgan fingerprint density at radius 2 is 0.875 bits per heavy atom. The van der Waals surface area contributed by atoms with Crippen LogP contribution in [0.15, 0.2) is 243 Å². The summed E-state index contributed by atoms with van der Waals surface area (Å²) in [5, 5.41) is 2.44. The predicted octanol–water partition coefficient (Wildman–Crippen LogP) is 18.6. The van der Waals surface area contributed by atoms with Crippen molar-refractivity contribution in [2.45, 2.75) is 37.5 Å². The number of hydrogen-bond acceptors (Lipinski definition) is 1. The monoisotopic (exact) mass is 922 g/mol. The molecule has 72 heavy (non-hydrogen) atoms. The number of fused-ring (bicyclic) bond motifs is 6. The highest BCUT2D eigenvalue weighted by Crippen LogP contribution is 2.69. The van der Waals surface area contributed by atoms with Gasteiger partial charge in [-0.25, -0.2) is 0 Å². The Morgan fingerprint density at radius 3 is 1.61 bits per heavy atom. The lowest BCUT2D eigenvalue weighted by Crippen LogP contribution is -2.55. The first-order valence-corrected chi connectivity index (χ1v) is 26.3. The minimum atomic E-state index is 0.130. The van der Waals surface area contributed by atoms with Gasteiger partial charge >= 0.3 is 0 Å². The van der Waals surface area contributed by atoms with Gasteiger partial charge in [0.05, 0.1) is 22.4 Å². The molecule has 0 amide bonds. The highest BCUT2D eigenvalue weighted by Gasteiger charge is 2.61. The molecule has 1 aromatic heterocycles. The summed E-state index contributed by atoms with van der Waals surface area (Å²) in [4.78, 5) is 2.53. The molecule has 4 fully saturated rings.